The van der Waals surface area contributed by atoms with Crippen molar-refractivity contribution in [3.8, 4) is 28.3 Å². The van der Waals surface area contributed by atoms with Gasteiger partial charge in [0, 0.05) is 16.8 Å². The number of amides is 1. The minimum absolute atomic E-state index is 0.146. The third kappa shape index (κ3) is 5.26. The summed E-state index contributed by atoms with van der Waals surface area (Å²) in [6, 6.07) is 26.9. The van der Waals surface area contributed by atoms with Crippen molar-refractivity contribution in [1.29, 1.82) is 0 Å². The summed E-state index contributed by atoms with van der Waals surface area (Å²) >= 11 is 1.25. The maximum absolute atomic E-state index is 12.3. The summed E-state index contributed by atoms with van der Waals surface area (Å²) in [5.74, 6) is 0.762. The number of nitrogens with zero attached hydrogens (tertiary/aromatic N) is 3. The van der Waals surface area contributed by atoms with E-state index in [1.54, 1.807) is 31.4 Å². The topological polar surface area (TPSA) is 77.0 Å². The number of benzene rings is 3. The van der Waals surface area contributed by atoms with E-state index in [0.29, 0.717) is 16.5 Å². The fraction of sp³-hybridized carbons (Fsp3) is 0.0833. The number of carbonyl (C=O) groups excluding carboxylic acids is 1. The lowest BCUT2D eigenvalue weighted by Gasteiger charge is -2.09. The first-order valence-corrected chi connectivity index (χ1v) is 10.6. The molecule has 0 aliphatic carbocycles. The van der Waals surface area contributed by atoms with E-state index in [4.69, 9.17) is 9.72 Å². The van der Waals surface area contributed by atoms with Crippen molar-refractivity contribution in [2.75, 3.05) is 18.2 Å². The van der Waals surface area contributed by atoms with Crippen LogP contribution >= 0.6 is 11.8 Å². The van der Waals surface area contributed by atoms with Crippen LogP contribution in [0.15, 0.2) is 90.1 Å². The van der Waals surface area contributed by atoms with E-state index < -0.39 is 0 Å². The minimum atomic E-state index is -0.146. The molecule has 0 radical (unpaired) electrons. The number of nitrogens with one attached hydrogen (secondary N) is 1. The zero-order valence-corrected chi connectivity index (χ0v) is 17.7. The van der Waals surface area contributed by atoms with Crippen molar-refractivity contribution >= 4 is 23.4 Å². The Bertz CT molecular complexity index is 1150. The summed E-state index contributed by atoms with van der Waals surface area (Å²) in [6.07, 6.45) is 0. The van der Waals surface area contributed by atoms with Gasteiger partial charge in [0.1, 0.15) is 17.1 Å². The van der Waals surface area contributed by atoms with Gasteiger partial charge in [-0.15, -0.1) is 10.2 Å². The van der Waals surface area contributed by atoms with Gasteiger partial charge >= 0.3 is 0 Å². The van der Waals surface area contributed by atoms with Crippen LogP contribution in [0.25, 0.3) is 22.5 Å². The highest BCUT2D eigenvalue weighted by Gasteiger charge is 2.14. The molecule has 4 aromatic rings. The number of ether oxygens (including phenoxy) is 1. The van der Waals surface area contributed by atoms with Crippen LogP contribution in [-0.4, -0.2) is 34.0 Å². The van der Waals surface area contributed by atoms with Crippen LogP contribution in [0.1, 0.15) is 0 Å². The molecule has 0 saturated heterocycles. The van der Waals surface area contributed by atoms with Crippen molar-refractivity contribution in [3.05, 3.63) is 84.9 Å². The molecule has 1 N–H and O–H groups in total. The molecule has 0 fully saturated rings. The zero-order valence-electron chi connectivity index (χ0n) is 16.9. The summed E-state index contributed by atoms with van der Waals surface area (Å²) in [6.45, 7) is 0. The average molecular weight is 429 g/mol. The van der Waals surface area contributed by atoms with Gasteiger partial charge in [-0.1, -0.05) is 72.4 Å². The Morgan fingerprint density at radius 3 is 2.06 bits per heavy atom. The average Bonchev–Trinajstić information content (AvgIpc) is 2.84. The van der Waals surface area contributed by atoms with Gasteiger partial charge in [-0.05, 0) is 24.3 Å². The van der Waals surface area contributed by atoms with Gasteiger partial charge in [-0.2, -0.15) is 0 Å². The van der Waals surface area contributed by atoms with Gasteiger partial charge in [0.25, 0.3) is 0 Å². The molecule has 0 aliphatic rings. The van der Waals surface area contributed by atoms with E-state index in [9.17, 15) is 4.79 Å². The lowest BCUT2D eigenvalue weighted by molar-refractivity contribution is -0.113. The minimum Gasteiger partial charge on any atom is -0.497 e. The fourth-order valence-corrected chi connectivity index (χ4v) is 3.55. The largest absolute Gasteiger partial charge is 0.497 e. The van der Waals surface area contributed by atoms with Crippen LogP contribution < -0.4 is 10.1 Å². The number of rotatable bonds is 7. The lowest BCUT2D eigenvalue weighted by Crippen LogP contribution is -2.14. The third-order valence-corrected chi connectivity index (χ3v) is 5.31. The monoisotopic (exact) mass is 428 g/mol. The summed E-state index contributed by atoms with van der Waals surface area (Å²) in [4.78, 5) is 17.1. The Hall–Kier alpha value is -3.71. The molecule has 7 heteroatoms. The second-order valence-electron chi connectivity index (χ2n) is 6.59. The van der Waals surface area contributed by atoms with Gasteiger partial charge in [0.05, 0.1) is 12.9 Å². The molecule has 0 spiro atoms. The molecule has 0 bridgehead atoms. The molecule has 31 heavy (non-hydrogen) atoms. The number of hydrogen-bond donors (Lipinski definition) is 1. The molecule has 6 nitrogen and oxygen atoms in total. The Kier molecular flexibility index (Phi) is 6.54. The van der Waals surface area contributed by atoms with Gasteiger partial charge in [0.15, 0.2) is 0 Å². The van der Waals surface area contributed by atoms with Gasteiger partial charge < -0.3 is 10.1 Å². The van der Waals surface area contributed by atoms with Crippen LogP contribution in [0.4, 0.5) is 5.69 Å². The molecule has 1 heterocycles. The highest BCUT2D eigenvalue weighted by atomic mass is 32.2. The Morgan fingerprint density at radius 2 is 1.45 bits per heavy atom. The SMILES string of the molecule is COc1ccc(NC(=O)CSc2nnc(-c3ccccc3)c(-c3ccccc3)n2)cc1. The molecule has 0 saturated carbocycles. The van der Waals surface area contributed by atoms with E-state index in [2.05, 4.69) is 15.5 Å². The van der Waals surface area contributed by atoms with E-state index in [-0.39, 0.29) is 11.7 Å². The summed E-state index contributed by atoms with van der Waals surface area (Å²) in [5, 5.41) is 12.0. The molecule has 1 amide bonds. The first-order valence-electron chi connectivity index (χ1n) is 9.65. The smallest absolute Gasteiger partial charge is 0.234 e. The Labute approximate surface area is 184 Å². The van der Waals surface area contributed by atoms with Gasteiger partial charge in [-0.25, -0.2) is 4.98 Å². The van der Waals surface area contributed by atoms with E-state index in [0.717, 1.165) is 22.6 Å². The fourth-order valence-electron chi connectivity index (χ4n) is 2.96. The normalized spacial score (nSPS) is 10.5. The lowest BCUT2D eigenvalue weighted by atomic mass is 10.0. The Balaban J connectivity index is 1.51. The Morgan fingerprint density at radius 1 is 0.839 bits per heavy atom. The molecule has 4 rings (SSSR count). The maximum atomic E-state index is 12.3. The van der Waals surface area contributed by atoms with Crippen LogP contribution in [-0.2, 0) is 4.79 Å². The summed E-state index contributed by atoms with van der Waals surface area (Å²) < 4.78 is 5.13. The van der Waals surface area contributed by atoms with Crippen molar-refractivity contribution < 1.29 is 9.53 Å². The van der Waals surface area contributed by atoms with Crippen LogP contribution in [0.5, 0.6) is 5.75 Å². The molecular weight excluding hydrogens is 408 g/mol. The molecular formula is C24H20N4O2S. The zero-order chi connectivity index (χ0) is 21.5. The number of aromatic nitrogens is 3. The molecule has 3 aromatic carbocycles. The van der Waals surface area contributed by atoms with Crippen molar-refractivity contribution in [2.24, 2.45) is 0 Å². The number of thioether (sulfide) groups is 1. The van der Waals surface area contributed by atoms with Gasteiger partial charge in [0.2, 0.25) is 11.1 Å². The number of methoxy groups -OCH3 is 1. The second kappa shape index (κ2) is 9.86. The summed E-state index contributed by atoms with van der Waals surface area (Å²) in [7, 11) is 1.60. The number of hydrogen-bond acceptors (Lipinski definition) is 6. The number of carbonyl (C=O) groups is 1. The van der Waals surface area contributed by atoms with E-state index in [1.165, 1.54) is 11.8 Å². The quantitative estimate of drug-likeness (QED) is 0.420. The van der Waals surface area contributed by atoms with Crippen LogP contribution in [0.3, 0.4) is 0 Å². The molecule has 0 aliphatic heterocycles. The predicted octanol–water partition coefficient (Wildman–Crippen LogP) is 4.95. The van der Waals surface area contributed by atoms with Crippen LogP contribution in [0.2, 0.25) is 0 Å². The van der Waals surface area contributed by atoms with E-state index in [1.807, 2.05) is 60.7 Å². The van der Waals surface area contributed by atoms with Gasteiger partial charge in [-0.3, -0.25) is 4.79 Å². The maximum Gasteiger partial charge on any atom is 0.234 e. The molecule has 0 unspecified atom stereocenters. The highest BCUT2D eigenvalue weighted by Crippen LogP contribution is 2.29. The first kappa shape index (κ1) is 20.6. The van der Waals surface area contributed by atoms with Crippen molar-refractivity contribution in [3.63, 3.8) is 0 Å². The third-order valence-electron chi connectivity index (χ3n) is 4.47. The van der Waals surface area contributed by atoms with Crippen molar-refractivity contribution in [2.45, 2.75) is 5.16 Å². The van der Waals surface area contributed by atoms with Crippen molar-refractivity contribution in [1.82, 2.24) is 15.2 Å². The second-order valence-corrected chi connectivity index (χ2v) is 7.53. The first-order chi connectivity index (χ1) is 15.2. The van der Waals surface area contributed by atoms with Crippen LogP contribution in [0, 0.1) is 0 Å². The molecule has 1 aromatic heterocycles. The molecule has 0 atom stereocenters. The standard InChI is InChI=1S/C24H20N4O2S/c1-30-20-14-12-19(13-15-20)25-21(29)16-31-24-26-22(17-8-4-2-5-9-17)23(27-28-24)18-10-6-3-7-11-18/h2-15H,16H2,1H3,(H,25,29). The van der Waals surface area contributed by atoms with E-state index >= 15 is 0 Å². The highest BCUT2D eigenvalue weighted by molar-refractivity contribution is 7.99. The summed E-state index contributed by atoms with van der Waals surface area (Å²) in [5.41, 5.74) is 4.03. The number of anilines is 1. The predicted molar refractivity (Wildman–Crippen MR) is 123 cm³/mol. The molecule has 154 valence electrons.